The standard InChI is InChI=1S/C24H22FN9/c1-32-14-17(11-15-3-5-18(25)6-4-15)23-31-30-21-12-16(13-22(32)34(21)23)19-7-9-26-24(28-19)29-20-8-10-27-33(20)2/h3-10,12-13,17H,11,14H2,1-2H3,(H,26,28,29)/t17-/m1/s1. The predicted molar refractivity (Wildman–Crippen MR) is 127 cm³/mol. The molecule has 10 heteroatoms. The van der Waals surface area contributed by atoms with E-state index in [0.29, 0.717) is 5.95 Å². The molecule has 34 heavy (non-hydrogen) atoms. The van der Waals surface area contributed by atoms with Crippen molar-refractivity contribution in [3.05, 3.63) is 78.1 Å². The Hall–Kier alpha value is -4.34. The van der Waals surface area contributed by atoms with Crippen molar-refractivity contribution in [2.24, 2.45) is 7.05 Å². The summed E-state index contributed by atoms with van der Waals surface area (Å²) in [5, 5.41) is 16.4. The van der Waals surface area contributed by atoms with E-state index in [1.54, 1.807) is 17.1 Å². The van der Waals surface area contributed by atoms with Crippen LogP contribution in [0.2, 0.25) is 0 Å². The molecule has 0 saturated heterocycles. The number of anilines is 3. The lowest BCUT2D eigenvalue weighted by Gasteiger charge is -2.31. The van der Waals surface area contributed by atoms with Gasteiger partial charge < -0.3 is 10.2 Å². The molecule has 0 bridgehead atoms. The van der Waals surface area contributed by atoms with Crippen molar-refractivity contribution in [1.29, 1.82) is 0 Å². The van der Waals surface area contributed by atoms with E-state index in [0.717, 1.165) is 52.9 Å². The monoisotopic (exact) mass is 455 g/mol. The number of aromatic nitrogens is 7. The lowest BCUT2D eigenvalue weighted by atomic mass is 9.96. The highest BCUT2D eigenvalue weighted by Gasteiger charge is 2.28. The number of nitrogens with zero attached hydrogens (tertiary/aromatic N) is 8. The van der Waals surface area contributed by atoms with Crippen LogP contribution in [0, 0.1) is 5.82 Å². The molecular formula is C24H22FN9. The van der Waals surface area contributed by atoms with Gasteiger partial charge in [-0.15, -0.1) is 10.2 Å². The fourth-order valence-electron chi connectivity index (χ4n) is 4.47. The van der Waals surface area contributed by atoms with Gasteiger partial charge in [-0.05, 0) is 42.3 Å². The molecule has 5 heterocycles. The van der Waals surface area contributed by atoms with E-state index >= 15 is 0 Å². The topological polar surface area (TPSA) is 89.1 Å². The van der Waals surface area contributed by atoms with E-state index in [4.69, 9.17) is 4.98 Å². The van der Waals surface area contributed by atoms with Gasteiger partial charge in [0.05, 0.1) is 11.9 Å². The van der Waals surface area contributed by atoms with Gasteiger partial charge in [0.25, 0.3) is 0 Å². The second-order valence-corrected chi connectivity index (χ2v) is 8.49. The molecule has 0 spiro atoms. The SMILES string of the molecule is CN1C[C@@H](Cc2ccc(F)cc2)c2nnc3cc(-c4ccnc(Nc5ccnn5C)n4)cc1n23. The number of hydrogen-bond donors (Lipinski definition) is 1. The molecule has 0 saturated carbocycles. The third kappa shape index (κ3) is 3.53. The molecule has 1 aliphatic heterocycles. The maximum absolute atomic E-state index is 13.3. The van der Waals surface area contributed by atoms with Crippen molar-refractivity contribution in [2.75, 3.05) is 23.8 Å². The van der Waals surface area contributed by atoms with Crippen LogP contribution < -0.4 is 10.2 Å². The highest BCUT2D eigenvalue weighted by atomic mass is 19.1. The van der Waals surface area contributed by atoms with Crippen LogP contribution >= 0.6 is 0 Å². The summed E-state index contributed by atoms with van der Waals surface area (Å²) < 4.78 is 17.1. The molecule has 9 nitrogen and oxygen atoms in total. The van der Waals surface area contributed by atoms with Gasteiger partial charge in [0.1, 0.15) is 23.3 Å². The summed E-state index contributed by atoms with van der Waals surface area (Å²) >= 11 is 0. The van der Waals surface area contributed by atoms with Gasteiger partial charge in [0.2, 0.25) is 5.95 Å². The first-order valence-corrected chi connectivity index (χ1v) is 11.0. The molecular weight excluding hydrogens is 433 g/mol. The summed E-state index contributed by atoms with van der Waals surface area (Å²) in [5.41, 5.74) is 3.55. The summed E-state index contributed by atoms with van der Waals surface area (Å²) in [7, 11) is 3.92. The average molecular weight is 456 g/mol. The summed E-state index contributed by atoms with van der Waals surface area (Å²) in [6.45, 7) is 0.783. The second-order valence-electron chi connectivity index (χ2n) is 8.49. The highest BCUT2D eigenvalue weighted by molar-refractivity contribution is 5.71. The maximum Gasteiger partial charge on any atom is 0.228 e. The zero-order chi connectivity index (χ0) is 23.2. The molecule has 6 rings (SSSR count). The molecule has 5 aromatic rings. The quantitative estimate of drug-likeness (QED) is 0.433. The molecule has 1 aliphatic rings. The molecule has 170 valence electrons. The van der Waals surface area contributed by atoms with E-state index in [1.165, 1.54) is 12.1 Å². The van der Waals surface area contributed by atoms with Gasteiger partial charge in [-0.1, -0.05) is 12.1 Å². The predicted octanol–water partition coefficient (Wildman–Crippen LogP) is 3.58. The first-order chi connectivity index (χ1) is 16.5. The van der Waals surface area contributed by atoms with E-state index in [9.17, 15) is 4.39 Å². The minimum Gasteiger partial charge on any atom is -0.360 e. The molecule has 4 aromatic heterocycles. The number of aryl methyl sites for hydroxylation is 1. The number of benzene rings is 1. The van der Waals surface area contributed by atoms with Crippen LogP contribution in [0.4, 0.5) is 22.0 Å². The number of hydrogen-bond acceptors (Lipinski definition) is 7. The molecule has 0 radical (unpaired) electrons. The van der Waals surface area contributed by atoms with Gasteiger partial charge in [-0.25, -0.2) is 14.4 Å². The Balaban J connectivity index is 1.35. The third-order valence-electron chi connectivity index (χ3n) is 6.17. The first-order valence-electron chi connectivity index (χ1n) is 11.0. The smallest absolute Gasteiger partial charge is 0.228 e. The van der Waals surface area contributed by atoms with Crippen LogP contribution in [0.15, 0.2) is 60.9 Å². The third-order valence-corrected chi connectivity index (χ3v) is 6.17. The molecule has 0 amide bonds. The van der Waals surface area contributed by atoms with Gasteiger partial charge in [0.15, 0.2) is 5.65 Å². The minimum atomic E-state index is -0.226. The summed E-state index contributed by atoms with van der Waals surface area (Å²) in [4.78, 5) is 11.2. The van der Waals surface area contributed by atoms with Crippen LogP contribution in [0.1, 0.15) is 17.3 Å². The fourth-order valence-corrected chi connectivity index (χ4v) is 4.47. The summed E-state index contributed by atoms with van der Waals surface area (Å²) in [5.74, 6) is 3.14. The number of likely N-dealkylation sites (N-methyl/N-ethyl adjacent to an activating group) is 1. The summed E-state index contributed by atoms with van der Waals surface area (Å²) in [6, 6.07) is 14.5. The van der Waals surface area contributed by atoms with Gasteiger partial charge in [0, 0.05) is 44.4 Å². The Morgan fingerprint density at radius 2 is 1.88 bits per heavy atom. The Morgan fingerprint density at radius 1 is 1.03 bits per heavy atom. The zero-order valence-corrected chi connectivity index (χ0v) is 18.7. The van der Waals surface area contributed by atoms with Crippen LogP contribution in [-0.2, 0) is 13.5 Å². The molecule has 1 aromatic carbocycles. The van der Waals surface area contributed by atoms with E-state index < -0.39 is 0 Å². The van der Waals surface area contributed by atoms with Crippen molar-refractivity contribution in [3.8, 4) is 11.3 Å². The number of nitrogens with one attached hydrogen (secondary N) is 1. The van der Waals surface area contributed by atoms with E-state index in [2.05, 4.69) is 48.0 Å². The maximum atomic E-state index is 13.3. The summed E-state index contributed by atoms with van der Waals surface area (Å²) in [6.07, 6.45) is 4.21. The molecule has 0 aliphatic carbocycles. The largest absolute Gasteiger partial charge is 0.360 e. The van der Waals surface area contributed by atoms with Crippen LogP contribution in [0.25, 0.3) is 16.9 Å². The van der Waals surface area contributed by atoms with Crippen LogP contribution in [0.5, 0.6) is 0 Å². The first kappa shape index (κ1) is 20.3. The minimum absolute atomic E-state index is 0.151. The van der Waals surface area contributed by atoms with Crippen molar-refractivity contribution in [3.63, 3.8) is 0 Å². The second kappa shape index (κ2) is 7.91. The van der Waals surface area contributed by atoms with Gasteiger partial charge in [-0.3, -0.25) is 9.08 Å². The van der Waals surface area contributed by atoms with Crippen molar-refractivity contribution in [1.82, 2.24) is 34.3 Å². The molecule has 0 fully saturated rings. The fraction of sp³-hybridized carbons (Fsp3) is 0.208. The Morgan fingerprint density at radius 3 is 2.68 bits per heavy atom. The van der Waals surface area contributed by atoms with E-state index in [1.807, 2.05) is 37.4 Å². The van der Waals surface area contributed by atoms with Crippen LogP contribution in [0.3, 0.4) is 0 Å². The van der Waals surface area contributed by atoms with Crippen molar-refractivity contribution >= 4 is 23.2 Å². The van der Waals surface area contributed by atoms with Crippen molar-refractivity contribution < 1.29 is 4.39 Å². The Bertz CT molecular complexity index is 1490. The molecule has 0 unspecified atom stereocenters. The normalized spacial score (nSPS) is 15.1. The average Bonchev–Trinajstić information content (AvgIpc) is 3.45. The van der Waals surface area contributed by atoms with E-state index in [-0.39, 0.29) is 11.7 Å². The lowest BCUT2D eigenvalue weighted by molar-refractivity contribution is 0.587. The van der Waals surface area contributed by atoms with Crippen molar-refractivity contribution in [2.45, 2.75) is 12.3 Å². The molecule has 1 atom stereocenters. The zero-order valence-electron chi connectivity index (χ0n) is 18.7. The lowest BCUT2D eigenvalue weighted by Crippen LogP contribution is -2.33. The van der Waals surface area contributed by atoms with Gasteiger partial charge >= 0.3 is 0 Å². The highest BCUT2D eigenvalue weighted by Crippen LogP contribution is 2.34. The van der Waals surface area contributed by atoms with Gasteiger partial charge in [-0.2, -0.15) is 5.10 Å². The Labute approximate surface area is 194 Å². The number of pyridine rings is 1. The van der Waals surface area contributed by atoms with Crippen LogP contribution in [-0.4, -0.2) is 47.9 Å². The Kier molecular flexibility index (Phi) is 4.72. The number of halogens is 1. The number of rotatable bonds is 5. The molecule has 1 N–H and O–H groups in total.